The maximum Gasteiger partial charge on any atom is 0.309 e. The molecule has 3 nitrogen and oxygen atoms in total. The minimum atomic E-state index is -0.0869. The first-order valence-corrected chi connectivity index (χ1v) is 12.7. The summed E-state index contributed by atoms with van der Waals surface area (Å²) in [5, 5.41) is 0. The number of hydrogen-bond acceptors (Lipinski definition) is 3. The van der Waals surface area contributed by atoms with Crippen LogP contribution in [0.15, 0.2) is 42.5 Å². The highest BCUT2D eigenvalue weighted by atomic mass is 16.5. The van der Waals surface area contributed by atoms with Crippen LogP contribution in [0.1, 0.15) is 99.2 Å². The molecule has 1 radical (unpaired) electrons. The Labute approximate surface area is 198 Å². The molecule has 2 rings (SSSR count). The van der Waals surface area contributed by atoms with Gasteiger partial charge in [-0.3, -0.25) is 9.59 Å². The third kappa shape index (κ3) is 11.6. The summed E-state index contributed by atoms with van der Waals surface area (Å²) >= 11 is 0. The molecule has 2 aliphatic rings. The van der Waals surface area contributed by atoms with Crippen LogP contribution in [0.4, 0.5) is 0 Å². The van der Waals surface area contributed by atoms with Crippen LogP contribution >= 0.6 is 0 Å². The normalized spacial score (nSPS) is 22.7. The quantitative estimate of drug-likeness (QED) is 0.185. The summed E-state index contributed by atoms with van der Waals surface area (Å²) in [5.41, 5.74) is 1.18. The smallest absolute Gasteiger partial charge is 0.309 e. The third-order valence-corrected chi connectivity index (χ3v) is 6.66. The SMILES string of the molecule is C=C/C=C\C(=C/CC)CC(C)C(=O)OC1CCC(CC)CC1.[CH]=CC(=O)CC1CCCC1.[HH]. The van der Waals surface area contributed by atoms with E-state index in [1.54, 1.807) is 6.08 Å². The van der Waals surface area contributed by atoms with Crippen molar-refractivity contribution in [2.75, 3.05) is 0 Å². The van der Waals surface area contributed by atoms with Crippen molar-refractivity contribution in [2.24, 2.45) is 17.8 Å². The molecule has 0 amide bonds. The lowest BCUT2D eigenvalue weighted by molar-refractivity contribution is -0.155. The van der Waals surface area contributed by atoms with E-state index in [1.807, 2.05) is 19.1 Å². The van der Waals surface area contributed by atoms with Crippen LogP contribution in [0, 0.1) is 24.3 Å². The topological polar surface area (TPSA) is 43.4 Å². The molecule has 181 valence electrons. The monoisotopic (exact) mass is 443 g/mol. The van der Waals surface area contributed by atoms with Gasteiger partial charge in [-0.2, -0.15) is 0 Å². The van der Waals surface area contributed by atoms with Crippen LogP contribution in [0.25, 0.3) is 0 Å². The molecular formula is C29H47O3. The number of esters is 1. The van der Waals surface area contributed by atoms with Crippen molar-refractivity contribution in [3.63, 3.8) is 0 Å². The first kappa shape index (κ1) is 28.1. The second-order valence-electron chi connectivity index (χ2n) is 9.36. The summed E-state index contributed by atoms with van der Waals surface area (Å²) in [5.74, 6) is 1.43. The molecule has 0 aliphatic heterocycles. The predicted molar refractivity (Wildman–Crippen MR) is 136 cm³/mol. The molecule has 2 aliphatic carbocycles. The van der Waals surface area contributed by atoms with Gasteiger partial charge in [0.2, 0.25) is 0 Å². The van der Waals surface area contributed by atoms with Crippen molar-refractivity contribution in [1.82, 2.24) is 0 Å². The highest BCUT2D eigenvalue weighted by molar-refractivity contribution is 5.88. The highest BCUT2D eigenvalue weighted by Crippen LogP contribution is 2.29. The molecule has 2 saturated carbocycles. The van der Waals surface area contributed by atoms with Crippen LogP contribution in [0.3, 0.4) is 0 Å². The fourth-order valence-electron chi connectivity index (χ4n) is 4.62. The standard InChI is InChI=1S/C20H32O2.C9H13O.H2/c1-5-8-10-18(9-6-2)15-16(4)20(21)22-19-13-11-17(7-3)12-14-19;1-2-9(10)7-8-5-3-4-6-8;/h5,8-10,16-17,19H,1,6-7,11-15H2,2-4H3;1-2,8H,3-7H2;1H/b10-8-,18-9+;;. The van der Waals surface area contributed by atoms with E-state index in [9.17, 15) is 9.59 Å². The van der Waals surface area contributed by atoms with Crippen LogP contribution in [0.5, 0.6) is 0 Å². The van der Waals surface area contributed by atoms with E-state index in [1.165, 1.54) is 56.6 Å². The zero-order chi connectivity index (χ0) is 23.8. The Bertz CT molecular complexity index is 635. The van der Waals surface area contributed by atoms with Crippen molar-refractivity contribution in [1.29, 1.82) is 0 Å². The zero-order valence-electron chi connectivity index (χ0n) is 20.7. The van der Waals surface area contributed by atoms with Crippen molar-refractivity contribution >= 4 is 11.8 Å². The van der Waals surface area contributed by atoms with Gasteiger partial charge in [0, 0.05) is 7.85 Å². The zero-order valence-corrected chi connectivity index (χ0v) is 20.7. The molecule has 0 aromatic rings. The largest absolute Gasteiger partial charge is 0.462 e. The van der Waals surface area contributed by atoms with Gasteiger partial charge in [-0.15, -0.1) is 0 Å². The highest BCUT2D eigenvalue weighted by Gasteiger charge is 2.25. The maximum atomic E-state index is 12.3. The summed E-state index contributed by atoms with van der Waals surface area (Å²) < 4.78 is 5.72. The molecule has 0 saturated heterocycles. The van der Waals surface area contributed by atoms with Crippen molar-refractivity contribution in [3.8, 4) is 0 Å². The Hall–Kier alpha value is -1.90. The van der Waals surface area contributed by atoms with Gasteiger partial charge in [0.25, 0.3) is 0 Å². The lowest BCUT2D eigenvalue weighted by Crippen LogP contribution is -2.27. The molecule has 0 aromatic heterocycles. The summed E-state index contributed by atoms with van der Waals surface area (Å²) in [6, 6.07) is 0. The minimum absolute atomic E-state index is 0. The average molecular weight is 444 g/mol. The molecule has 0 spiro atoms. The van der Waals surface area contributed by atoms with Gasteiger partial charge in [0.15, 0.2) is 5.78 Å². The summed E-state index contributed by atoms with van der Waals surface area (Å²) in [6.07, 6.45) is 22.3. The first-order valence-electron chi connectivity index (χ1n) is 12.7. The molecular weight excluding hydrogens is 396 g/mol. The summed E-state index contributed by atoms with van der Waals surface area (Å²) in [4.78, 5) is 23.1. The van der Waals surface area contributed by atoms with Crippen LogP contribution in [0.2, 0.25) is 0 Å². The van der Waals surface area contributed by atoms with E-state index in [-0.39, 0.29) is 25.2 Å². The maximum absolute atomic E-state index is 12.3. The fraction of sp³-hybridized carbons (Fsp3) is 0.655. The Balaban J connectivity index is 0.000000779. The van der Waals surface area contributed by atoms with Crippen molar-refractivity contribution in [3.05, 3.63) is 49.1 Å². The summed E-state index contributed by atoms with van der Waals surface area (Å²) in [6.45, 7) is 15.1. The van der Waals surface area contributed by atoms with E-state index in [2.05, 4.69) is 26.5 Å². The number of carbonyl (C=O) groups is 2. The first-order chi connectivity index (χ1) is 15.4. The number of hydrogen-bond donors (Lipinski definition) is 0. The molecule has 0 heterocycles. The molecule has 1 unspecified atom stereocenters. The van der Waals surface area contributed by atoms with Crippen LogP contribution in [-0.2, 0) is 14.3 Å². The van der Waals surface area contributed by atoms with E-state index < -0.39 is 0 Å². The van der Waals surface area contributed by atoms with E-state index in [0.717, 1.165) is 31.6 Å². The third-order valence-electron chi connectivity index (χ3n) is 6.66. The van der Waals surface area contributed by atoms with E-state index >= 15 is 0 Å². The number of ketones is 1. The van der Waals surface area contributed by atoms with Crippen molar-refractivity contribution in [2.45, 2.75) is 104 Å². The van der Waals surface area contributed by atoms with Gasteiger partial charge in [-0.05, 0) is 56.4 Å². The van der Waals surface area contributed by atoms with Crippen molar-refractivity contribution < 1.29 is 15.8 Å². The number of carbonyl (C=O) groups excluding carboxylic acids is 2. The number of rotatable bonds is 11. The summed E-state index contributed by atoms with van der Waals surface area (Å²) in [7, 11) is 0. The van der Waals surface area contributed by atoms with Gasteiger partial charge < -0.3 is 4.74 Å². The molecule has 2 fully saturated rings. The van der Waals surface area contributed by atoms with E-state index in [4.69, 9.17) is 11.3 Å². The Morgan fingerprint density at radius 1 is 1.09 bits per heavy atom. The van der Waals surface area contributed by atoms with E-state index in [0.29, 0.717) is 12.3 Å². The average Bonchev–Trinajstić information content (AvgIpc) is 3.31. The lowest BCUT2D eigenvalue weighted by atomic mass is 9.86. The predicted octanol–water partition coefficient (Wildman–Crippen LogP) is 7.97. The Morgan fingerprint density at radius 2 is 1.75 bits per heavy atom. The van der Waals surface area contributed by atoms with Gasteiger partial charge in [0.1, 0.15) is 6.10 Å². The van der Waals surface area contributed by atoms with Gasteiger partial charge in [-0.1, -0.05) is 95.9 Å². The number of allylic oxidation sites excluding steroid dienone is 6. The molecule has 1 atom stereocenters. The van der Waals surface area contributed by atoms with Gasteiger partial charge in [0.05, 0.1) is 5.92 Å². The molecule has 0 N–H and O–H groups in total. The lowest BCUT2D eigenvalue weighted by Gasteiger charge is -2.28. The Morgan fingerprint density at radius 3 is 2.28 bits per heavy atom. The van der Waals surface area contributed by atoms with Crippen LogP contribution < -0.4 is 0 Å². The van der Waals surface area contributed by atoms with Gasteiger partial charge >= 0.3 is 5.97 Å². The second-order valence-corrected chi connectivity index (χ2v) is 9.36. The molecule has 32 heavy (non-hydrogen) atoms. The molecule has 0 bridgehead atoms. The molecule has 0 aromatic carbocycles. The minimum Gasteiger partial charge on any atom is -0.462 e. The second kappa shape index (κ2) is 16.7. The van der Waals surface area contributed by atoms with Gasteiger partial charge in [-0.25, -0.2) is 0 Å². The number of ether oxygens (including phenoxy) is 1. The van der Waals surface area contributed by atoms with Crippen LogP contribution in [-0.4, -0.2) is 17.9 Å². The fourth-order valence-corrected chi connectivity index (χ4v) is 4.62. The molecule has 3 heteroatoms. The Kier molecular flexibility index (Phi) is 14.7.